The Bertz CT molecular complexity index is 428. The van der Waals surface area contributed by atoms with Crippen LogP contribution in [0.4, 0.5) is 5.69 Å². The first-order valence-electron chi connectivity index (χ1n) is 6.30. The van der Waals surface area contributed by atoms with Crippen LogP contribution < -0.4 is 0 Å². The zero-order valence-corrected chi connectivity index (χ0v) is 10.6. The maximum Gasteiger partial charge on any atom is 0.306 e. The lowest BCUT2D eigenvalue weighted by molar-refractivity contribution is -0.385. The van der Waals surface area contributed by atoms with E-state index in [4.69, 9.17) is 0 Å². The summed E-state index contributed by atoms with van der Waals surface area (Å²) in [5.41, 5.74) is -0.0757. The monoisotopic (exact) mass is 270 g/mol. The van der Waals surface area contributed by atoms with Gasteiger partial charge in [-0.25, -0.2) is 0 Å². The largest absolute Gasteiger partial charge is 0.393 e. The van der Waals surface area contributed by atoms with Crippen molar-refractivity contribution in [2.45, 2.75) is 31.6 Å². The average molecular weight is 270 g/mol. The molecule has 1 aliphatic heterocycles. The smallest absolute Gasteiger partial charge is 0.306 e. The van der Waals surface area contributed by atoms with Gasteiger partial charge in [0.2, 0.25) is 0 Å². The SMILES string of the molecule is O=[N+]([O-])c1cnn(CC(O)CN2CCC(O)CC2)c1. The van der Waals surface area contributed by atoms with Crippen LogP contribution in [-0.2, 0) is 6.54 Å². The Morgan fingerprint density at radius 3 is 2.74 bits per heavy atom. The molecule has 1 aromatic rings. The van der Waals surface area contributed by atoms with Gasteiger partial charge in [-0.05, 0) is 12.8 Å². The zero-order chi connectivity index (χ0) is 13.8. The molecular formula is C11H18N4O4. The minimum absolute atomic E-state index is 0.0757. The van der Waals surface area contributed by atoms with E-state index in [1.807, 2.05) is 0 Å². The molecule has 0 saturated carbocycles. The Balaban J connectivity index is 1.80. The summed E-state index contributed by atoms with van der Waals surface area (Å²) < 4.78 is 1.38. The molecule has 1 saturated heterocycles. The van der Waals surface area contributed by atoms with E-state index >= 15 is 0 Å². The van der Waals surface area contributed by atoms with E-state index in [0.29, 0.717) is 6.54 Å². The zero-order valence-electron chi connectivity index (χ0n) is 10.6. The quantitative estimate of drug-likeness (QED) is 0.557. The van der Waals surface area contributed by atoms with E-state index in [1.165, 1.54) is 17.1 Å². The summed E-state index contributed by atoms with van der Waals surface area (Å²) in [6, 6.07) is 0. The fourth-order valence-corrected chi connectivity index (χ4v) is 2.22. The summed E-state index contributed by atoms with van der Waals surface area (Å²) in [5.74, 6) is 0. The number of β-amino-alcohol motifs (C(OH)–C–C–N with tert-alkyl or cyclic N) is 1. The number of nitro groups is 1. The normalized spacial score (nSPS) is 19.5. The number of piperidine rings is 1. The lowest BCUT2D eigenvalue weighted by Crippen LogP contribution is -2.41. The highest BCUT2D eigenvalue weighted by Crippen LogP contribution is 2.11. The van der Waals surface area contributed by atoms with Gasteiger partial charge in [0.05, 0.1) is 23.7 Å². The standard InChI is InChI=1S/C11H18N4O4/c16-10-1-3-13(4-2-10)7-11(17)8-14-6-9(5-12-14)15(18)19/h5-6,10-11,16-17H,1-4,7-8H2. The highest BCUT2D eigenvalue weighted by atomic mass is 16.6. The van der Waals surface area contributed by atoms with Crippen LogP contribution in [0.25, 0.3) is 0 Å². The molecule has 8 nitrogen and oxygen atoms in total. The molecule has 0 spiro atoms. The third-order valence-electron chi connectivity index (χ3n) is 3.25. The number of likely N-dealkylation sites (tertiary alicyclic amines) is 1. The molecule has 0 amide bonds. The van der Waals surface area contributed by atoms with Gasteiger partial charge in [0.15, 0.2) is 0 Å². The molecule has 2 heterocycles. The molecule has 2 N–H and O–H groups in total. The van der Waals surface area contributed by atoms with Gasteiger partial charge in [-0.2, -0.15) is 5.10 Å². The van der Waals surface area contributed by atoms with E-state index in [9.17, 15) is 20.3 Å². The van der Waals surface area contributed by atoms with Crippen molar-refractivity contribution >= 4 is 5.69 Å². The first-order chi connectivity index (χ1) is 9.04. The molecule has 1 atom stereocenters. The lowest BCUT2D eigenvalue weighted by Gasteiger charge is -2.30. The van der Waals surface area contributed by atoms with E-state index < -0.39 is 11.0 Å². The van der Waals surface area contributed by atoms with Gasteiger partial charge in [-0.3, -0.25) is 14.8 Å². The van der Waals surface area contributed by atoms with Crippen molar-refractivity contribution in [3.63, 3.8) is 0 Å². The highest BCUT2D eigenvalue weighted by molar-refractivity contribution is 5.20. The van der Waals surface area contributed by atoms with E-state index in [0.717, 1.165) is 25.9 Å². The molecule has 0 aliphatic carbocycles. The molecule has 0 aromatic carbocycles. The Morgan fingerprint density at radius 1 is 1.47 bits per heavy atom. The minimum Gasteiger partial charge on any atom is -0.393 e. The van der Waals surface area contributed by atoms with Crippen molar-refractivity contribution in [1.82, 2.24) is 14.7 Å². The molecule has 0 bridgehead atoms. The highest BCUT2D eigenvalue weighted by Gasteiger charge is 2.20. The number of aromatic nitrogens is 2. The second-order valence-electron chi connectivity index (χ2n) is 4.86. The maximum absolute atomic E-state index is 10.5. The molecule has 1 unspecified atom stereocenters. The van der Waals surface area contributed by atoms with Gasteiger partial charge in [0.25, 0.3) is 0 Å². The molecule has 1 aliphatic rings. The molecule has 8 heteroatoms. The number of aliphatic hydroxyl groups is 2. The predicted octanol–water partition coefficient (Wildman–Crippen LogP) is -0.391. The maximum atomic E-state index is 10.5. The predicted molar refractivity (Wildman–Crippen MR) is 66.6 cm³/mol. The first-order valence-corrected chi connectivity index (χ1v) is 6.30. The molecule has 19 heavy (non-hydrogen) atoms. The van der Waals surface area contributed by atoms with Crippen LogP contribution >= 0.6 is 0 Å². The summed E-state index contributed by atoms with van der Waals surface area (Å²) in [5, 5.41) is 33.7. The summed E-state index contributed by atoms with van der Waals surface area (Å²) in [6.45, 7) is 2.24. The van der Waals surface area contributed by atoms with Crippen LogP contribution in [0.1, 0.15) is 12.8 Å². The van der Waals surface area contributed by atoms with Gasteiger partial charge in [-0.1, -0.05) is 0 Å². The molecule has 2 rings (SSSR count). The van der Waals surface area contributed by atoms with Gasteiger partial charge in [-0.15, -0.1) is 0 Å². The van der Waals surface area contributed by atoms with Crippen LogP contribution in [0.2, 0.25) is 0 Å². The summed E-state index contributed by atoms with van der Waals surface area (Å²) >= 11 is 0. The van der Waals surface area contributed by atoms with Gasteiger partial charge >= 0.3 is 5.69 Å². The number of aliphatic hydroxyl groups excluding tert-OH is 2. The topological polar surface area (TPSA) is 105 Å². The van der Waals surface area contributed by atoms with E-state index in [-0.39, 0.29) is 18.3 Å². The summed E-state index contributed by atoms with van der Waals surface area (Å²) in [4.78, 5) is 12.1. The summed E-state index contributed by atoms with van der Waals surface area (Å²) in [7, 11) is 0. The van der Waals surface area contributed by atoms with Crippen molar-refractivity contribution in [2.75, 3.05) is 19.6 Å². The van der Waals surface area contributed by atoms with Gasteiger partial charge in [0, 0.05) is 19.6 Å². The third kappa shape index (κ3) is 3.98. The van der Waals surface area contributed by atoms with Crippen LogP contribution in [0, 0.1) is 10.1 Å². The Morgan fingerprint density at radius 2 is 2.16 bits per heavy atom. The number of hydrogen-bond acceptors (Lipinski definition) is 6. The third-order valence-corrected chi connectivity index (χ3v) is 3.25. The fourth-order valence-electron chi connectivity index (χ4n) is 2.22. The lowest BCUT2D eigenvalue weighted by atomic mass is 10.1. The fraction of sp³-hybridized carbons (Fsp3) is 0.727. The van der Waals surface area contributed by atoms with Crippen LogP contribution in [0.15, 0.2) is 12.4 Å². The Hall–Kier alpha value is -1.51. The molecule has 1 fully saturated rings. The number of hydrogen-bond donors (Lipinski definition) is 2. The Labute approximate surface area is 110 Å². The second kappa shape index (κ2) is 6.09. The molecule has 106 valence electrons. The number of rotatable bonds is 5. The van der Waals surface area contributed by atoms with Crippen LogP contribution in [0.5, 0.6) is 0 Å². The van der Waals surface area contributed by atoms with Gasteiger partial charge < -0.3 is 15.1 Å². The van der Waals surface area contributed by atoms with Crippen molar-refractivity contribution < 1.29 is 15.1 Å². The first kappa shape index (κ1) is 13.9. The van der Waals surface area contributed by atoms with E-state index in [1.54, 1.807) is 0 Å². The number of nitrogens with zero attached hydrogens (tertiary/aromatic N) is 4. The summed E-state index contributed by atoms with van der Waals surface area (Å²) in [6.07, 6.45) is 3.06. The van der Waals surface area contributed by atoms with Crippen LogP contribution in [0.3, 0.4) is 0 Å². The van der Waals surface area contributed by atoms with Crippen LogP contribution in [-0.4, -0.2) is 61.7 Å². The Kier molecular flexibility index (Phi) is 4.46. The van der Waals surface area contributed by atoms with Crippen molar-refractivity contribution in [2.24, 2.45) is 0 Å². The van der Waals surface area contributed by atoms with Crippen molar-refractivity contribution in [3.8, 4) is 0 Å². The van der Waals surface area contributed by atoms with Crippen molar-refractivity contribution in [3.05, 3.63) is 22.5 Å². The minimum atomic E-state index is -0.630. The second-order valence-corrected chi connectivity index (χ2v) is 4.86. The molecular weight excluding hydrogens is 252 g/mol. The van der Waals surface area contributed by atoms with E-state index in [2.05, 4.69) is 10.00 Å². The molecule has 0 radical (unpaired) electrons. The average Bonchev–Trinajstić information content (AvgIpc) is 2.80. The van der Waals surface area contributed by atoms with Crippen molar-refractivity contribution in [1.29, 1.82) is 0 Å². The molecule has 1 aromatic heterocycles. The van der Waals surface area contributed by atoms with Gasteiger partial charge in [0.1, 0.15) is 12.4 Å².